The smallest absolute Gasteiger partial charge is 0.201 e. The summed E-state index contributed by atoms with van der Waals surface area (Å²) in [7, 11) is 0. The minimum absolute atomic E-state index is 0.0115. The summed E-state index contributed by atoms with van der Waals surface area (Å²) in [5.74, 6) is -2.18. The first-order valence-electron chi connectivity index (χ1n) is 5.21. The zero-order valence-corrected chi connectivity index (χ0v) is 11.1. The molecule has 2 N–H and O–H groups in total. The van der Waals surface area contributed by atoms with E-state index in [4.69, 9.17) is 34.3 Å². The van der Waals surface area contributed by atoms with Gasteiger partial charge in [-0.25, -0.2) is 4.39 Å². The lowest BCUT2D eigenvalue weighted by molar-refractivity contribution is 0.415. The number of nitrogens with two attached hydrogens (primary N) is 1. The first-order chi connectivity index (χ1) is 9.00. The number of benzene rings is 2. The first kappa shape index (κ1) is 13.7. The molecule has 2 rings (SSSR count). The summed E-state index contributed by atoms with van der Waals surface area (Å²) in [4.78, 5) is 0.0115. The van der Waals surface area contributed by atoms with Crippen molar-refractivity contribution in [2.24, 2.45) is 5.73 Å². The van der Waals surface area contributed by atoms with Gasteiger partial charge in [0.15, 0.2) is 11.6 Å². The second-order valence-electron chi connectivity index (χ2n) is 3.63. The van der Waals surface area contributed by atoms with Crippen LogP contribution in [0.1, 0.15) is 5.56 Å². The van der Waals surface area contributed by atoms with Gasteiger partial charge in [-0.1, -0.05) is 36.0 Å². The van der Waals surface area contributed by atoms with E-state index in [0.29, 0.717) is 0 Å². The van der Waals surface area contributed by atoms with E-state index < -0.39 is 11.6 Å². The van der Waals surface area contributed by atoms with E-state index in [2.05, 4.69) is 0 Å². The molecule has 0 saturated carbocycles. The maximum atomic E-state index is 13.5. The molecule has 0 atom stereocenters. The van der Waals surface area contributed by atoms with Crippen molar-refractivity contribution in [2.45, 2.75) is 0 Å². The van der Waals surface area contributed by atoms with Crippen LogP contribution in [0.3, 0.4) is 0 Å². The van der Waals surface area contributed by atoms with Crippen molar-refractivity contribution in [3.63, 3.8) is 0 Å². The Labute approximate surface area is 118 Å². The van der Waals surface area contributed by atoms with Gasteiger partial charge >= 0.3 is 0 Å². The van der Waals surface area contributed by atoms with Crippen molar-refractivity contribution < 1.29 is 13.5 Å². The Bertz CT molecular complexity index is 649. The van der Waals surface area contributed by atoms with E-state index in [0.717, 1.165) is 6.07 Å². The van der Waals surface area contributed by atoms with Crippen molar-refractivity contribution in [1.29, 1.82) is 0 Å². The van der Waals surface area contributed by atoms with E-state index in [1.54, 1.807) is 12.1 Å². The Balaban J connectivity index is 2.47. The second-order valence-corrected chi connectivity index (χ2v) is 4.48. The van der Waals surface area contributed by atoms with Gasteiger partial charge in [0, 0.05) is 0 Å². The molecule has 0 amide bonds. The molecule has 0 aliphatic heterocycles. The van der Waals surface area contributed by atoms with Crippen LogP contribution >= 0.6 is 23.8 Å². The van der Waals surface area contributed by atoms with Gasteiger partial charge in [-0.3, -0.25) is 0 Å². The molecule has 98 valence electrons. The molecule has 0 radical (unpaired) electrons. The maximum Gasteiger partial charge on any atom is 0.201 e. The minimum atomic E-state index is -1.09. The van der Waals surface area contributed by atoms with Crippen molar-refractivity contribution in [3.05, 3.63) is 58.6 Å². The highest BCUT2D eigenvalue weighted by atomic mass is 35.5. The fraction of sp³-hybridized carbons (Fsp3) is 0. The third kappa shape index (κ3) is 2.83. The molecule has 0 fully saturated rings. The maximum absolute atomic E-state index is 13.5. The monoisotopic (exact) mass is 299 g/mol. The van der Waals surface area contributed by atoms with Gasteiger partial charge in [-0.2, -0.15) is 4.39 Å². The lowest BCUT2D eigenvalue weighted by atomic mass is 10.2. The number of thiocarbonyl (C=S) groups is 1. The molecule has 0 unspecified atom stereocenters. The molecule has 0 aliphatic rings. The Kier molecular flexibility index (Phi) is 3.97. The quantitative estimate of drug-likeness (QED) is 0.869. The lowest BCUT2D eigenvalue weighted by Gasteiger charge is -2.12. The van der Waals surface area contributed by atoms with E-state index >= 15 is 0 Å². The molecule has 0 aliphatic carbocycles. The van der Waals surface area contributed by atoms with Gasteiger partial charge in [0.2, 0.25) is 5.82 Å². The van der Waals surface area contributed by atoms with Gasteiger partial charge in [0.1, 0.15) is 10.7 Å². The third-order valence-electron chi connectivity index (χ3n) is 2.36. The van der Waals surface area contributed by atoms with Crippen molar-refractivity contribution in [3.8, 4) is 11.5 Å². The van der Waals surface area contributed by atoms with Gasteiger partial charge < -0.3 is 10.5 Å². The molecular formula is C13H8ClF2NOS. The van der Waals surface area contributed by atoms with Gasteiger partial charge in [-0.15, -0.1) is 0 Å². The predicted molar refractivity (Wildman–Crippen MR) is 73.8 cm³/mol. The van der Waals surface area contributed by atoms with Gasteiger partial charge in [-0.05, 0) is 24.3 Å². The number of ether oxygens (including phenoxy) is 1. The Morgan fingerprint density at radius 3 is 2.42 bits per heavy atom. The number of rotatable bonds is 3. The summed E-state index contributed by atoms with van der Waals surface area (Å²) in [6.07, 6.45) is 0. The molecule has 6 heteroatoms. The van der Waals surface area contributed by atoms with E-state index in [1.165, 1.54) is 18.2 Å². The summed E-state index contributed by atoms with van der Waals surface area (Å²) in [5.41, 5.74) is 5.82. The van der Waals surface area contributed by atoms with E-state index in [9.17, 15) is 8.78 Å². The number of hydrogen-bond donors (Lipinski definition) is 1. The van der Waals surface area contributed by atoms with Gasteiger partial charge in [0.05, 0.1) is 10.6 Å². The fourth-order valence-corrected chi connectivity index (χ4v) is 2.04. The van der Waals surface area contributed by atoms with Crippen LogP contribution in [0.25, 0.3) is 0 Å². The molecule has 2 nitrogen and oxygen atoms in total. The molecule has 0 spiro atoms. The fourth-order valence-electron chi connectivity index (χ4n) is 1.51. The second kappa shape index (κ2) is 5.50. The number of hydrogen-bond acceptors (Lipinski definition) is 2. The molecule has 2 aromatic rings. The molecular weight excluding hydrogens is 292 g/mol. The summed E-state index contributed by atoms with van der Waals surface area (Å²) in [6, 6.07) is 8.31. The molecule has 19 heavy (non-hydrogen) atoms. The summed E-state index contributed by atoms with van der Waals surface area (Å²) in [6.45, 7) is 0. The zero-order valence-electron chi connectivity index (χ0n) is 9.49. The largest absolute Gasteiger partial charge is 0.453 e. The molecule has 0 heterocycles. The predicted octanol–water partition coefficient (Wildman–Crippen LogP) is 4.04. The zero-order chi connectivity index (χ0) is 14.0. The molecule has 0 saturated heterocycles. The average molecular weight is 300 g/mol. The van der Waals surface area contributed by atoms with E-state index in [1.807, 2.05) is 0 Å². The number of halogens is 3. The van der Waals surface area contributed by atoms with Crippen LogP contribution in [-0.2, 0) is 0 Å². The van der Waals surface area contributed by atoms with Crippen LogP contribution in [0, 0.1) is 11.6 Å². The molecule has 0 aromatic heterocycles. The normalized spacial score (nSPS) is 10.3. The highest BCUT2D eigenvalue weighted by molar-refractivity contribution is 7.80. The lowest BCUT2D eigenvalue weighted by Crippen LogP contribution is -2.11. The van der Waals surface area contributed by atoms with Crippen molar-refractivity contribution >= 4 is 28.8 Å². The highest BCUT2D eigenvalue weighted by Gasteiger charge is 2.15. The van der Waals surface area contributed by atoms with Gasteiger partial charge in [0.25, 0.3) is 0 Å². The Morgan fingerprint density at radius 2 is 1.74 bits per heavy atom. The minimum Gasteiger partial charge on any atom is -0.453 e. The SMILES string of the molecule is NC(=S)c1c(Cl)cccc1Oc1cccc(F)c1F. The Morgan fingerprint density at radius 1 is 1.11 bits per heavy atom. The summed E-state index contributed by atoms with van der Waals surface area (Å²) >= 11 is 10.8. The summed E-state index contributed by atoms with van der Waals surface area (Å²) < 4.78 is 31.9. The topological polar surface area (TPSA) is 35.2 Å². The third-order valence-corrected chi connectivity index (χ3v) is 2.88. The van der Waals surface area contributed by atoms with Crippen LogP contribution in [0.15, 0.2) is 36.4 Å². The molecule has 0 bridgehead atoms. The first-order valence-corrected chi connectivity index (χ1v) is 5.99. The summed E-state index contributed by atoms with van der Waals surface area (Å²) in [5, 5.41) is 0.279. The standard InChI is InChI=1S/C13H8ClF2NOS/c14-7-3-1-5-9(11(7)13(17)19)18-10-6-2-4-8(15)12(10)16/h1-6H,(H2,17,19). The van der Waals surface area contributed by atoms with Crippen LogP contribution < -0.4 is 10.5 Å². The van der Waals surface area contributed by atoms with Crippen molar-refractivity contribution in [2.75, 3.05) is 0 Å². The van der Waals surface area contributed by atoms with Crippen LogP contribution in [0.2, 0.25) is 5.02 Å². The van der Waals surface area contributed by atoms with Crippen LogP contribution in [0.5, 0.6) is 11.5 Å². The highest BCUT2D eigenvalue weighted by Crippen LogP contribution is 2.32. The Hall–Kier alpha value is -1.72. The van der Waals surface area contributed by atoms with E-state index in [-0.39, 0.29) is 27.1 Å². The van der Waals surface area contributed by atoms with Crippen LogP contribution in [-0.4, -0.2) is 4.99 Å². The van der Waals surface area contributed by atoms with Crippen molar-refractivity contribution in [1.82, 2.24) is 0 Å². The van der Waals surface area contributed by atoms with Crippen LogP contribution in [0.4, 0.5) is 8.78 Å². The average Bonchev–Trinajstić information content (AvgIpc) is 2.34. The molecule has 2 aromatic carbocycles.